The van der Waals surface area contributed by atoms with Crippen molar-refractivity contribution in [2.75, 3.05) is 26.1 Å². The molecule has 19 heavy (non-hydrogen) atoms. The van der Waals surface area contributed by atoms with Crippen LogP contribution in [-0.2, 0) is 9.47 Å². The van der Waals surface area contributed by atoms with E-state index in [0.29, 0.717) is 19.1 Å². The summed E-state index contributed by atoms with van der Waals surface area (Å²) in [7, 11) is 0. The lowest BCUT2D eigenvalue weighted by atomic mass is 10.1. The highest BCUT2D eigenvalue weighted by molar-refractivity contribution is 8.01. The molecule has 2 rings (SSSR count). The first kappa shape index (κ1) is 14.9. The molecule has 3 unspecified atom stereocenters. The van der Waals surface area contributed by atoms with Crippen LogP contribution in [0.1, 0.15) is 13.3 Å². The summed E-state index contributed by atoms with van der Waals surface area (Å²) in [5, 5.41) is 11.5. The molecular weight excluding hydrogens is 260 g/mol. The van der Waals surface area contributed by atoms with Crippen LogP contribution in [0.4, 0.5) is 0 Å². The Bertz CT molecular complexity index is 389. The summed E-state index contributed by atoms with van der Waals surface area (Å²) in [6.07, 6.45) is 10.7. The second kappa shape index (κ2) is 6.75. The maximum absolute atomic E-state index is 9.44. The lowest BCUT2D eigenvalue weighted by Gasteiger charge is -2.19. The molecule has 1 saturated heterocycles. The van der Waals surface area contributed by atoms with Gasteiger partial charge < -0.3 is 14.6 Å². The van der Waals surface area contributed by atoms with E-state index in [0.717, 1.165) is 12.0 Å². The second-order valence-electron chi connectivity index (χ2n) is 5.13. The number of aliphatic hydroxyl groups excluding tert-OH is 1. The monoisotopic (exact) mass is 282 g/mol. The first-order chi connectivity index (χ1) is 9.25. The number of ether oxygens (including phenoxy) is 2. The van der Waals surface area contributed by atoms with Crippen molar-refractivity contribution in [2.45, 2.75) is 19.6 Å². The van der Waals surface area contributed by atoms with E-state index >= 15 is 0 Å². The van der Waals surface area contributed by atoms with Crippen molar-refractivity contribution in [1.82, 2.24) is 0 Å². The summed E-state index contributed by atoms with van der Waals surface area (Å²) in [6, 6.07) is 0. The average molecular weight is 282 g/mol. The van der Waals surface area contributed by atoms with Crippen LogP contribution in [0.15, 0.2) is 35.3 Å². The summed E-state index contributed by atoms with van der Waals surface area (Å²) in [6.45, 7) is 3.44. The van der Waals surface area contributed by atoms with E-state index in [4.69, 9.17) is 9.47 Å². The van der Waals surface area contributed by atoms with E-state index in [1.807, 2.05) is 42.9 Å². The zero-order chi connectivity index (χ0) is 13.7. The highest BCUT2D eigenvalue weighted by Crippen LogP contribution is 2.54. The van der Waals surface area contributed by atoms with Gasteiger partial charge in [0.25, 0.3) is 0 Å². The summed E-state index contributed by atoms with van der Waals surface area (Å²) in [4.78, 5) is 0. The smallest absolute Gasteiger partial charge is 0.183 e. The fourth-order valence-corrected chi connectivity index (χ4v) is 2.64. The average Bonchev–Trinajstić information content (AvgIpc) is 3.13. The molecule has 1 aliphatic heterocycles. The Balaban J connectivity index is 2.02. The quantitative estimate of drug-likeness (QED) is 0.787. The standard InChI is InChI=1S/C15H22O3S/c1-3-5-12(6-4-7-19-2)14-17-9-13-8-15(13,10-16)11-18-14/h3-7,13-14,16H,8-11H2,1-2H3/b5-3+,7-4-,12-6+. The molecule has 4 heteroatoms. The fourth-order valence-electron chi connectivity index (χ4n) is 2.40. The molecule has 2 fully saturated rings. The van der Waals surface area contributed by atoms with E-state index in [9.17, 15) is 5.11 Å². The molecule has 0 bridgehead atoms. The third kappa shape index (κ3) is 3.51. The molecular formula is C15H22O3S. The van der Waals surface area contributed by atoms with Crippen LogP contribution >= 0.6 is 11.8 Å². The van der Waals surface area contributed by atoms with Crippen LogP contribution in [0.5, 0.6) is 0 Å². The lowest BCUT2D eigenvalue weighted by molar-refractivity contribution is -0.112. The van der Waals surface area contributed by atoms with Gasteiger partial charge in [0, 0.05) is 11.0 Å². The fraction of sp³-hybridized carbons (Fsp3) is 0.600. The first-order valence-electron chi connectivity index (χ1n) is 6.62. The Hall–Kier alpha value is -0.550. The van der Waals surface area contributed by atoms with Crippen molar-refractivity contribution in [1.29, 1.82) is 0 Å². The molecule has 1 heterocycles. The Morgan fingerprint density at radius 2 is 2.32 bits per heavy atom. The van der Waals surface area contributed by atoms with E-state index < -0.39 is 0 Å². The van der Waals surface area contributed by atoms with Crippen molar-refractivity contribution in [3.63, 3.8) is 0 Å². The third-order valence-corrected chi connectivity index (χ3v) is 4.21. The molecule has 1 N–H and O–H groups in total. The molecule has 3 atom stereocenters. The van der Waals surface area contributed by atoms with Crippen LogP contribution in [0.25, 0.3) is 0 Å². The molecule has 106 valence electrons. The van der Waals surface area contributed by atoms with Crippen LogP contribution < -0.4 is 0 Å². The number of allylic oxidation sites excluding steroid dienone is 3. The molecule has 0 aromatic heterocycles. The Labute approximate surface area is 119 Å². The number of hydrogen-bond acceptors (Lipinski definition) is 4. The van der Waals surface area contributed by atoms with Gasteiger partial charge in [-0.05, 0) is 30.9 Å². The first-order valence-corrected chi connectivity index (χ1v) is 7.91. The molecule has 0 amide bonds. The topological polar surface area (TPSA) is 38.7 Å². The number of thioether (sulfide) groups is 1. The summed E-state index contributed by atoms with van der Waals surface area (Å²) in [5.74, 6) is 0.455. The van der Waals surface area contributed by atoms with Gasteiger partial charge >= 0.3 is 0 Å². The van der Waals surface area contributed by atoms with E-state index in [2.05, 4.69) is 0 Å². The zero-order valence-corrected chi connectivity index (χ0v) is 12.4. The van der Waals surface area contributed by atoms with Crippen molar-refractivity contribution in [3.05, 3.63) is 35.3 Å². The highest BCUT2D eigenvalue weighted by atomic mass is 32.2. The second-order valence-corrected chi connectivity index (χ2v) is 5.87. The van der Waals surface area contributed by atoms with Crippen LogP contribution in [-0.4, -0.2) is 37.5 Å². The van der Waals surface area contributed by atoms with E-state index in [-0.39, 0.29) is 18.3 Å². The number of hydrogen-bond donors (Lipinski definition) is 1. The van der Waals surface area contributed by atoms with Gasteiger partial charge in [-0.25, -0.2) is 0 Å². The summed E-state index contributed by atoms with van der Waals surface area (Å²) >= 11 is 1.66. The number of fused-ring (bicyclic) bond motifs is 1. The molecule has 1 saturated carbocycles. The highest BCUT2D eigenvalue weighted by Gasteiger charge is 2.55. The van der Waals surface area contributed by atoms with Gasteiger partial charge in [0.15, 0.2) is 6.29 Å². The van der Waals surface area contributed by atoms with Gasteiger partial charge in [-0.1, -0.05) is 24.3 Å². The van der Waals surface area contributed by atoms with Crippen LogP contribution in [0.2, 0.25) is 0 Å². The predicted octanol–water partition coefficient (Wildman–Crippen LogP) is 2.74. The minimum Gasteiger partial charge on any atom is -0.396 e. The maximum Gasteiger partial charge on any atom is 0.183 e. The van der Waals surface area contributed by atoms with Crippen molar-refractivity contribution in [2.24, 2.45) is 11.3 Å². The number of rotatable bonds is 5. The van der Waals surface area contributed by atoms with Crippen LogP contribution in [0.3, 0.4) is 0 Å². The van der Waals surface area contributed by atoms with Gasteiger partial charge in [0.2, 0.25) is 0 Å². The van der Waals surface area contributed by atoms with Gasteiger partial charge in [0.1, 0.15) is 0 Å². The number of aliphatic hydroxyl groups is 1. The molecule has 1 aliphatic carbocycles. The third-order valence-electron chi connectivity index (χ3n) is 3.78. The van der Waals surface area contributed by atoms with E-state index in [1.165, 1.54) is 0 Å². The Kier molecular flexibility index (Phi) is 5.28. The van der Waals surface area contributed by atoms with Crippen molar-refractivity contribution < 1.29 is 14.6 Å². The van der Waals surface area contributed by atoms with E-state index in [1.54, 1.807) is 11.8 Å². The van der Waals surface area contributed by atoms with Gasteiger partial charge in [-0.2, -0.15) is 0 Å². The van der Waals surface area contributed by atoms with Gasteiger partial charge in [0.05, 0.1) is 19.8 Å². The minimum absolute atomic E-state index is 0.0368. The van der Waals surface area contributed by atoms with Gasteiger partial charge in [-0.15, -0.1) is 11.8 Å². The molecule has 3 nitrogen and oxygen atoms in total. The minimum atomic E-state index is -0.320. The van der Waals surface area contributed by atoms with Crippen molar-refractivity contribution in [3.8, 4) is 0 Å². The Morgan fingerprint density at radius 1 is 1.47 bits per heavy atom. The normalized spacial score (nSPS) is 35.6. The summed E-state index contributed by atoms with van der Waals surface area (Å²) < 4.78 is 11.7. The SMILES string of the molecule is C/C=C/C(=C\C=C/SC)C1OCC2CC2(CO)CO1. The zero-order valence-electron chi connectivity index (χ0n) is 11.5. The Morgan fingerprint density at radius 3 is 3.00 bits per heavy atom. The van der Waals surface area contributed by atoms with Gasteiger partial charge in [-0.3, -0.25) is 0 Å². The molecule has 0 aromatic carbocycles. The largest absolute Gasteiger partial charge is 0.396 e. The molecule has 2 aliphatic rings. The predicted molar refractivity (Wildman–Crippen MR) is 78.9 cm³/mol. The molecule has 0 radical (unpaired) electrons. The molecule has 0 aromatic rings. The summed E-state index contributed by atoms with van der Waals surface area (Å²) in [5.41, 5.74) is 0.979. The maximum atomic E-state index is 9.44. The van der Waals surface area contributed by atoms with Crippen molar-refractivity contribution >= 4 is 11.8 Å². The lowest BCUT2D eigenvalue weighted by Crippen LogP contribution is -2.22. The molecule has 0 spiro atoms. The van der Waals surface area contributed by atoms with Crippen LogP contribution in [0, 0.1) is 11.3 Å².